The molecule has 0 N–H and O–H groups in total. The van der Waals surface area contributed by atoms with E-state index in [1.807, 2.05) is 6.07 Å². The van der Waals surface area contributed by atoms with E-state index in [1.54, 1.807) is 12.1 Å². The quantitative estimate of drug-likeness (QED) is 0.828. The molecule has 1 aromatic rings. The average Bonchev–Trinajstić information content (AvgIpc) is 2.88. The second-order valence-corrected chi connectivity index (χ2v) is 6.00. The van der Waals surface area contributed by atoms with Crippen molar-refractivity contribution in [2.45, 2.75) is 38.4 Å². The van der Waals surface area contributed by atoms with Gasteiger partial charge in [0.05, 0.1) is 5.56 Å². The summed E-state index contributed by atoms with van der Waals surface area (Å²) in [6.07, 6.45) is 2.59. The molecule has 2 atom stereocenters. The van der Waals surface area contributed by atoms with Gasteiger partial charge in [-0.3, -0.25) is 9.80 Å². The van der Waals surface area contributed by atoms with Crippen LogP contribution in [0.2, 0.25) is 0 Å². The van der Waals surface area contributed by atoms with Crippen LogP contribution in [0.15, 0.2) is 18.2 Å². The van der Waals surface area contributed by atoms with Crippen molar-refractivity contribution in [1.29, 1.82) is 5.26 Å². The molecular formula is C16H20FN3. The first kappa shape index (κ1) is 13.5. The topological polar surface area (TPSA) is 30.3 Å². The molecule has 0 radical (unpaired) electrons. The SMILES string of the molecule is CC1CN2CCCC2CN1Cc1ccc(F)c(C#N)c1. The summed E-state index contributed by atoms with van der Waals surface area (Å²) in [5, 5.41) is 8.91. The molecule has 0 bridgehead atoms. The van der Waals surface area contributed by atoms with Gasteiger partial charge in [-0.15, -0.1) is 0 Å². The van der Waals surface area contributed by atoms with Crippen LogP contribution in [0.3, 0.4) is 0 Å². The van der Waals surface area contributed by atoms with Crippen LogP contribution in [0.25, 0.3) is 0 Å². The molecule has 0 saturated carbocycles. The summed E-state index contributed by atoms with van der Waals surface area (Å²) in [4.78, 5) is 5.05. The molecule has 2 heterocycles. The smallest absolute Gasteiger partial charge is 0.140 e. The molecule has 0 aliphatic carbocycles. The van der Waals surface area contributed by atoms with Gasteiger partial charge in [-0.2, -0.15) is 5.26 Å². The molecule has 4 heteroatoms. The highest BCUT2D eigenvalue weighted by Gasteiger charge is 2.34. The molecule has 2 saturated heterocycles. The Morgan fingerprint density at radius 2 is 2.25 bits per heavy atom. The monoisotopic (exact) mass is 273 g/mol. The number of halogens is 1. The highest BCUT2D eigenvalue weighted by Crippen LogP contribution is 2.25. The fourth-order valence-corrected chi connectivity index (χ4v) is 3.46. The zero-order chi connectivity index (χ0) is 14.1. The minimum absolute atomic E-state index is 0.148. The van der Waals surface area contributed by atoms with Crippen LogP contribution in [0, 0.1) is 17.1 Å². The number of hydrogen-bond acceptors (Lipinski definition) is 3. The van der Waals surface area contributed by atoms with Crippen LogP contribution in [0.1, 0.15) is 30.9 Å². The Labute approximate surface area is 119 Å². The number of hydrogen-bond donors (Lipinski definition) is 0. The predicted octanol–water partition coefficient (Wildman–Crippen LogP) is 2.37. The second-order valence-electron chi connectivity index (χ2n) is 6.00. The molecule has 2 aliphatic heterocycles. The summed E-state index contributed by atoms with van der Waals surface area (Å²) < 4.78 is 13.4. The van der Waals surface area contributed by atoms with Crippen LogP contribution in [-0.2, 0) is 6.54 Å². The maximum atomic E-state index is 13.4. The standard InChI is InChI=1S/C16H20FN3/c1-12-9-19-6-2-3-15(19)11-20(12)10-13-4-5-16(17)14(7-13)8-18/h4-5,7,12,15H,2-3,6,9-11H2,1H3. The number of nitriles is 1. The summed E-state index contributed by atoms with van der Waals surface area (Å²) in [7, 11) is 0. The molecule has 20 heavy (non-hydrogen) atoms. The van der Waals surface area contributed by atoms with Crippen molar-refractivity contribution >= 4 is 0 Å². The Bertz CT molecular complexity index is 537. The van der Waals surface area contributed by atoms with Gasteiger partial charge in [0.1, 0.15) is 11.9 Å². The Kier molecular flexibility index (Phi) is 3.73. The minimum atomic E-state index is -0.426. The lowest BCUT2D eigenvalue weighted by Gasteiger charge is -2.42. The van der Waals surface area contributed by atoms with Gasteiger partial charge in [-0.1, -0.05) is 6.07 Å². The van der Waals surface area contributed by atoms with Crippen LogP contribution >= 0.6 is 0 Å². The molecule has 3 nitrogen and oxygen atoms in total. The highest BCUT2D eigenvalue weighted by atomic mass is 19.1. The Morgan fingerprint density at radius 1 is 1.40 bits per heavy atom. The number of piperazine rings is 1. The molecule has 2 unspecified atom stereocenters. The first-order valence-corrected chi connectivity index (χ1v) is 7.34. The van der Waals surface area contributed by atoms with Crippen LogP contribution in [0.4, 0.5) is 4.39 Å². The van der Waals surface area contributed by atoms with Gasteiger partial charge in [-0.05, 0) is 44.0 Å². The highest BCUT2D eigenvalue weighted by molar-refractivity contribution is 5.34. The lowest BCUT2D eigenvalue weighted by atomic mass is 10.1. The maximum absolute atomic E-state index is 13.4. The molecule has 0 spiro atoms. The summed E-state index contributed by atoms with van der Waals surface area (Å²) in [5.41, 5.74) is 1.18. The van der Waals surface area contributed by atoms with Gasteiger partial charge in [-0.25, -0.2) is 4.39 Å². The number of nitrogens with zero attached hydrogens (tertiary/aromatic N) is 3. The molecule has 106 valence electrons. The van der Waals surface area contributed by atoms with Crippen molar-refractivity contribution in [2.75, 3.05) is 19.6 Å². The predicted molar refractivity (Wildman–Crippen MR) is 75.6 cm³/mol. The van der Waals surface area contributed by atoms with E-state index in [4.69, 9.17) is 5.26 Å². The summed E-state index contributed by atoms with van der Waals surface area (Å²) in [6, 6.07) is 8.00. The number of rotatable bonds is 2. The van der Waals surface area contributed by atoms with E-state index in [-0.39, 0.29) is 5.56 Å². The van der Waals surface area contributed by atoms with Gasteiger partial charge in [0.15, 0.2) is 0 Å². The zero-order valence-electron chi connectivity index (χ0n) is 11.8. The molecule has 2 fully saturated rings. The third kappa shape index (κ3) is 2.56. The Balaban J connectivity index is 1.72. The lowest BCUT2D eigenvalue weighted by Crippen LogP contribution is -2.54. The van der Waals surface area contributed by atoms with Crippen molar-refractivity contribution in [3.8, 4) is 6.07 Å². The van der Waals surface area contributed by atoms with Crippen LogP contribution in [-0.4, -0.2) is 41.5 Å². The molecule has 1 aromatic carbocycles. The van der Waals surface area contributed by atoms with Crippen molar-refractivity contribution < 1.29 is 4.39 Å². The lowest BCUT2D eigenvalue weighted by molar-refractivity contribution is 0.0540. The van der Waals surface area contributed by atoms with E-state index >= 15 is 0 Å². The number of benzene rings is 1. The van der Waals surface area contributed by atoms with E-state index in [9.17, 15) is 4.39 Å². The summed E-state index contributed by atoms with van der Waals surface area (Å²) >= 11 is 0. The van der Waals surface area contributed by atoms with E-state index < -0.39 is 5.82 Å². The normalized spacial score (nSPS) is 27.2. The second kappa shape index (κ2) is 5.51. The van der Waals surface area contributed by atoms with Gasteiger partial charge in [0.2, 0.25) is 0 Å². The first-order chi connectivity index (χ1) is 9.67. The van der Waals surface area contributed by atoms with Crippen molar-refractivity contribution in [1.82, 2.24) is 9.80 Å². The van der Waals surface area contributed by atoms with E-state index in [2.05, 4.69) is 16.7 Å². The average molecular weight is 273 g/mol. The van der Waals surface area contributed by atoms with Gasteiger partial charge in [0, 0.05) is 31.7 Å². The van der Waals surface area contributed by atoms with Crippen molar-refractivity contribution in [3.05, 3.63) is 35.1 Å². The Hall–Kier alpha value is -1.44. The first-order valence-electron chi connectivity index (χ1n) is 7.34. The molecule has 2 aliphatic rings. The third-order valence-corrected chi connectivity index (χ3v) is 4.60. The molecule has 3 rings (SSSR count). The molecule has 0 amide bonds. The summed E-state index contributed by atoms with van der Waals surface area (Å²) in [6.45, 7) is 6.50. The van der Waals surface area contributed by atoms with Gasteiger partial charge < -0.3 is 0 Å². The van der Waals surface area contributed by atoms with Gasteiger partial charge >= 0.3 is 0 Å². The third-order valence-electron chi connectivity index (χ3n) is 4.60. The van der Waals surface area contributed by atoms with E-state index in [0.29, 0.717) is 12.1 Å². The van der Waals surface area contributed by atoms with E-state index in [1.165, 1.54) is 25.5 Å². The van der Waals surface area contributed by atoms with Gasteiger partial charge in [0.25, 0.3) is 0 Å². The van der Waals surface area contributed by atoms with Crippen LogP contribution in [0.5, 0.6) is 0 Å². The summed E-state index contributed by atoms with van der Waals surface area (Å²) in [5.74, 6) is -0.426. The van der Waals surface area contributed by atoms with Crippen LogP contribution < -0.4 is 0 Å². The number of fused-ring (bicyclic) bond motifs is 1. The fraction of sp³-hybridized carbons (Fsp3) is 0.562. The Morgan fingerprint density at radius 3 is 3.05 bits per heavy atom. The fourth-order valence-electron chi connectivity index (χ4n) is 3.46. The van der Waals surface area contributed by atoms with E-state index in [0.717, 1.165) is 25.2 Å². The van der Waals surface area contributed by atoms with Crippen molar-refractivity contribution in [3.63, 3.8) is 0 Å². The largest absolute Gasteiger partial charge is 0.298 e. The minimum Gasteiger partial charge on any atom is -0.298 e. The maximum Gasteiger partial charge on any atom is 0.140 e. The van der Waals surface area contributed by atoms with Crippen molar-refractivity contribution in [2.24, 2.45) is 0 Å². The molecule has 0 aromatic heterocycles. The zero-order valence-corrected chi connectivity index (χ0v) is 11.8. The molecular weight excluding hydrogens is 253 g/mol.